The number of rotatable bonds is 6. The molecule has 0 aliphatic rings. The third-order valence-electron chi connectivity index (χ3n) is 3.22. The summed E-state index contributed by atoms with van der Waals surface area (Å²) in [6, 6.07) is 10.6. The summed E-state index contributed by atoms with van der Waals surface area (Å²) in [6.07, 6.45) is -0.0643. The highest BCUT2D eigenvalue weighted by atomic mass is 32.7. The van der Waals surface area contributed by atoms with Crippen LogP contribution in [0.4, 0.5) is 0 Å². The summed E-state index contributed by atoms with van der Waals surface area (Å²) in [7, 11) is 0. The molecule has 0 aliphatic carbocycles. The Hall–Kier alpha value is -1.50. The first-order chi connectivity index (χ1) is 10.7. The number of hydrogen-bond donors (Lipinski definition) is 5. The lowest BCUT2D eigenvalue weighted by atomic mass is 10.0. The predicted octanol–water partition coefficient (Wildman–Crippen LogP) is 2.95. The average molecular weight is 356 g/mol. The predicted molar refractivity (Wildman–Crippen MR) is 87.4 cm³/mol. The molecule has 1 unspecified atom stereocenters. The first-order valence-corrected chi connectivity index (χ1v) is 9.82. The van der Waals surface area contributed by atoms with E-state index in [1.807, 2.05) is 0 Å². The fraction of sp³-hybridized carbons (Fsp3) is 0.200. The summed E-state index contributed by atoms with van der Waals surface area (Å²) < 4.78 is 11.2. The summed E-state index contributed by atoms with van der Waals surface area (Å²) >= 11 is 0.307. The number of phenolic OH excluding ortho intramolecular Hbond substituents is 2. The number of phenols is 2. The molecule has 124 valence electrons. The van der Waals surface area contributed by atoms with Crippen molar-refractivity contribution in [1.29, 1.82) is 0 Å². The van der Waals surface area contributed by atoms with Crippen molar-refractivity contribution in [3.05, 3.63) is 53.6 Å². The minimum Gasteiger partial charge on any atom is -0.508 e. The third-order valence-corrected chi connectivity index (χ3v) is 5.31. The van der Waals surface area contributed by atoms with E-state index < -0.39 is 12.9 Å². The molecule has 6 nitrogen and oxygen atoms in total. The van der Waals surface area contributed by atoms with E-state index in [1.54, 1.807) is 24.3 Å². The van der Waals surface area contributed by atoms with Crippen LogP contribution in [0.5, 0.6) is 11.5 Å². The zero-order valence-electron chi connectivity index (χ0n) is 12.0. The van der Waals surface area contributed by atoms with Crippen molar-refractivity contribution in [3.63, 3.8) is 0 Å². The summed E-state index contributed by atoms with van der Waals surface area (Å²) in [6.45, 7) is -4.39. The number of aromatic hydroxyl groups is 2. The number of benzene rings is 2. The maximum absolute atomic E-state index is 11.2. The van der Waals surface area contributed by atoms with Crippen LogP contribution in [0.3, 0.4) is 0 Å². The first-order valence-electron chi connectivity index (χ1n) is 6.78. The summed E-state index contributed by atoms with van der Waals surface area (Å²) in [4.78, 5) is 18.3. The van der Waals surface area contributed by atoms with Gasteiger partial charge in [0.05, 0.1) is 6.10 Å². The van der Waals surface area contributed by atoms with Crippen molar-refractivity contribution in [1.82, 2.24) is 0 Å². The average Bonchev–Trinajstić information content (AvgIpc) is 2.45. The second-order valence-corrected chi connectivity index (χ2v) is 8.60. The van der Waals surface area contributed by atoms with E-state index >= 15 is 0 Å². The SMILES string of the molecule is O=P(O)(O)Sc1cc(O)ccc1C(O)CCc1ccc(O)cc1. The molecular weight excluding hydrogens is 339 g/mol. The van der Waals surface area contributed by atoms with Crippen molar-refractivity contribution in [3.8, 4) is 11.5 Å². The minimum atomic E-state index is -4.39. The van der Waals surface area contributed by atoms with Crippen LogP contribution in [0.2, 0.25) is 0 Å². The maximum atomic E-state index is 11.2. The Morgan fingerprint density at radius 3 is 2.22 bits per heavy atom. The molecule has 0 spiro atoms. The first kappa shape index (κ1) is 17.8. The molecule has 0 fully saturated rings. The van der Waals surface area contributed by atoms with Crippen LogP contribution >= 0.6 is 18.2 Å². The van der Waals surface area contributed by atoms with Gasteiger partial charge < -0.3 is 25.1 Å². The van der Waals surface area contributed by atoms with E-state index in [1.165, 1.54) is 18.2 Å². The Morgan fingerprint density at radius 1 is 1.00 bits per heavy atom. The van der Waals surface area contributed by atoms with Gasteiger partial charge in [-0.25, -0.2) is 4.57 Å². The van der Waals surface area contributed by atoms with Crippen molar-refractivity contribution < 1.29 is 29.7 Å². The van der Waals surface area contributed by atoms with Gasteiger partial charge in [0, 0.05) is 4.90 Å². The molecule has 8 heteroatoms. The molecule has 0 amide bonds. The lowest BCUT2D eigenvalue weighted by Gasteiger charge is -2.16. The number of aryl methyl sites for hydroxylation is 1. The van der Waals surface area contributed by atoms with Gasteiger partial charge in [0.15, 0.2) is 0 Å². The van der Waals surface area contributed by atoms with E-state index in [2.05, 4.69) is 0 Å². The fourth-order valence-corrected chi connectivity index (χ4v) is 4.11. The van der Waals surface area contributed by atoms with Crippen LogP contribution < -0.4 is 0 Å². The topological polar surface area (TPSA) is 118 Å². The van der Waals surface area contributed by atoms with Gasteiger partial charge in [-0.1, -0.05) is 18.2 Å². The standard InChI is InChI=1S/C15H17O6PS/c16-11-4-1-10(2-5-11)3-8-14(18)13-7-6-12(17)9-15(13)23-22(19,20)21/h1-2,4-7,9,14,16-18H,3,8H2,(H2,19,20,21). The zero-order valence-corrected chi connectivity index (χ0v) is 13.7. The van der Waals surface area contributed by atoms with Gasteiger partial charge in [0.25, 0.3) is 0 Å². The molecule has 1 atom stereocenters. The molecule has 0 saturated heterocycles. The molecule has 0 aliphatic heterocycles. The van der Waals surface area contributed by atoms with Crippen molar-refractivity contribution in [2.24, 2.45) is 0 Å². The second kappa shape index (κ2) is 7.38. The van der Waals surface area contributed by atoms with Crippen LogP contribution in [0, 0.1) is 0 Å². The molecule has 2 rings (SSSR count). The summed E-state index contributed by atoms with van der Waals surface area (Å²) in [5.74, 6) is 0.0311. The molecule has 0 radical (unpaired) electrons. The molecule has 0 bridgehead atoms. The Labute approximate surface area is 137 Å². The van der Waals surface area contributed by atoms with E-state index in [-0.39, 0.29) is 16.4 Å². The van der Waals surface area contributed by atoms with Gasteiger partial charge in [-0.15, -0.1) is 0 Å². The van der Waals surface area contributed by atoms with Crippen LogP contribution in [0.25, 0.3) is 0 Å². The summed E-state index contributed by atoms with van der Waals surface area (Å²) in [5.41, 5.74) is 1.28. The minimum absolute atomic E-state index is 0.129. The highest BCUT2D eigenvalue weighted by molar-refractivity contribution is 8.54. The molecule has 23 heavy (non-hydrogen) atoms. The lowest BCUT2D eigenvalue weighted by Crippen LogP contribution is -2.01. The molecule has 2 aromatic rings. The van der Waals surface area contributed by atoms with E-state index in [9.17, 15) is 19.9 Å². The van der Waals surface area contributed by atoms with Crippen LogP contribution in [0.1, 0.15) is 23.7 Å². The van der Waals surface area contributed by atoms with Crippen LogP contribution in [-0.2, 0) is 11.0 Å². The molecular formula is C15H17O6PS. The van der Waals surface area contributed by atoms with Gasteiger partial charge in [-0.2, -0.15) is 0 Å². The lowest BCUT2D eigenvalue weighted by molar-refractivity contribution is 0.165. The molecule has 0 heterocycles. The van der Waals surface area contributed by atoms with Gasteiger partial charge in [0.2, 0.25) is 0 Å². The van der Waals surface area contributed by atoms with Crippen molar-refractivity contribution in [2.75, 3.05) is 0 Å². The van der Waals surface area contributed by atoms with Gasteiger partial charge in [-0.05, 0) is 59.6 Å². The molecule has 5 N–H and O–H groups in total. The molecule has 0 aromatic heterocycles. The van der Waals surface area contributed by atoms with Crippen molar-refractivity contribution >= 4 is 18.2 Å². The fourth-order valence-electron chi connectivity index (χ4n) is 2.13. The molecule has 2 aromatic carbocycles. The van der Waals surface area contributed by atoms with E-state index in [0.717, 1.165) is 5.56 Å². The second-order valence-electron chi connectivity index (χ2n) is 5.02. The quantitative estimate of drug-likeness (QED) is 0.505. The highest BCUT2D eigenvalue weighted by Gasteiger charge is 2.21. The summed E-state index contributed by atoms with van der Waals surface area (Å²) in [5, 5.41) is 29.0. The van der Waals surface area contributed by atoms with Crippen LogP contribution in [-0.4, -0.2) is 25.1 Å². The number of aliphatic hydroxyl groups is 1. The Morgan fingerprint density at radius 2 is 1.61 bits per heavy atom. The monoisotopic (exact) mass is 356 g/mol. The van der Waals surface area contributed by atoms with E-state index in [0.29, 0.717) is 29.8 Å². The Kier molecular flexibility index (Phi) is 5.73. The highest BCUT2D eigenvalue weighted by Crippen LogP contribution is 2.56. The molecule has 0 saturated carbocycles. The smallest absolute Gasteiger partial charge is 0.388 e. The largest absolute Gasteiger partial charge is 0.508 e. The number of hydrogen-bond acceptors (Lipinski definition) is 5. The Bertz CT molecular complexity index is 712. The normalized spacial score (nSPS) is 13.0. The van der Waals surface area contributed by atoms with Crippen LogP contribution in [0.15, 0.2) is 47.4 Å². The zero-order chi connectivity index (χ0) is 17.0. The Balaban J connectivity index is 2.13. The third kappa shape index (κ3) is 5.57. The van der Waals surface area contributed by atoms with Gasteiger partial charge in [-0.3, -0.25) is 0 Å². The van der Waals surface area contributed by atoms with Gasteiger partial charge >= 0.3 is 6.80 Å². The number of aliphatic hydroxyl groups excluding tert-OH is 1. The van der Waals surface area contributed by atoms with Gasteiger partial charge in [0.1, 0.15) is 11.5 Å². The maximum Gasteiger partial charge on any atom is 0.388 e. The van der Waals surface area contributed by atoms with E-state index in [4.69, 9.17) is 9.79 Å². The van der Waals surface area contributed by atoms with Crippen molar-refractivity contribution in [2.45, 2.75) is 23.8 Å².